The van der Waals surface area contributed by atoms with Gasteiger partial charge in [0.1, 0.15) is 0 Å². The predicted molar refractivity (Wildman–Crippen MR) is 96.1 cm³/mol. The van der Waals surface area contributed by atoms with Gasteiger partial charge in [-0.1, -0.05) is 18.2 Å². The van der Waals surface area contributed by atoms with Crippen LogP contribution in [0.2, 0.25) is 0 Å². The van der Waals surface area contributed by atoms with Gasteiger partial charge in [-0.2, -0.15) is 0 Å². The first kappa shape index (κ1) is 17.9. The zero-order valence-electron chi connectivity index (χ0n) is 15.1. The molecule has 1 heterocycles. The van der Waals surface area contributed by atoms with E-state index in [1.54, 1.807) is 16.8 Å². The predicted octanol–water partition coefficient (Wildman–Crippen LogP) is 2.16. The Bertz CT molecular complexity index is 629. The third-order valence-corrected chi connectivity index (χ3v) is 5.49. The Morgan fingerprint density at radius 2 is 2.00 bits per heavy atom. The number of carbonyl (C=O) groups excluding carboxylic acids is 2. The topological polar surface area (TPSA) is 60.9 Å². The van der Waals surface area contributed by atoms with E-state index in [0.29, 0.717) is 31.1 Å². The van der Waals surface area contributed by atoms with Gasteiger partial charge >= 0.3 is 0 Å². The lowest BCUT2D eigenvalue weighted by atomic mass is 9.80. The van der Waals surface area contributed by atoms with E-state index in [-0.39, 0.29) is 11.8 Å². The van der Waals surface area contributed by atoms with Crippen molar-refractivity contribution in [3.63, 3.8) is 0 Å². The zero-order valence-corrected chi connectivity index (χ0v) is 15.1. The number of likely N-dealkylation sites (N-methyl/N-ethyl adjacent to an activating group) is 1. The first-order valence-corrected chi connectivity index (χ1v) is 9.19. The fourth-order valence-electron chi connectivity index (χ4n) is 3.81. The van der Waals surface area contributed by atoms with Gasteiger partial charge in [0.15, 0.2) is 0 Å². The quantitative estimate of drug-likeness (QED) is 0.890. The van der Waals surface area contributed by atoms with Crippen molar-refractivity contribution in [1.29, 1.82) is 0 Å². The molecule has 2 amide bonds. The van der Waals surface area contributed by atoms with Crippen molar-refractivity contribution in [3.05, 3.63) is 35.9 Å². The highest BCUT2D eigenvalue weighted by atomic mass is 16.3. The molecule has 5 nitrogen and oxygen atoms in total. The van der Waals surface area contributed by atoms with Gasteiger partial charge in [0.25, 0.3) is 5.91 Å². The minimum absolute atomic E-state index is 0.0139. The van der Waals surface area contributed by atoms with Crippen LogP contribution in [0, 0.1) is 11.3 Å². The van der Waals surface area contributed by atoms with E-state index in [2.05, 4.69) is 0 Å². The van der Waals surface area contributed by atoms with Crippen LogP contribution >= 0.6 is 0 Å². The number of carbonyl (C=O) groups is 2. The first-order valence-electron chi connectivity index (χ1n) is 9.19. The number of amides is 2. The number of nitrogens with zero attached hydrogens (tertiary/aromatic N) is 2. The number of hydrogen-bond acceptors (Lipinski definition) is 3. The second-order valence-corrected chi connectivity index (χ2v) is 7.85. The summed E-state index contributed by atoms with van der Waals surface area (Å²) in [7, 11) is 1.76. The minimum atomic E-state index is -0.583. The Labute approximate surface area is 149 Å². The molecule has 25 heavy (non-hydrogen) atoms. The van der Waals surface area contributed by atoms with Crippen LogP contribution in [0.5, 0.6) is 0 Å². The Kier molecular flexibility index (Phi) is 5.13. The van der Waals surface area contributed by atoms with Gasteiger partial charge in [0.05, 0.1) is 11.5 Å². The summed E-state index contributed by atoms with van der Waals surface area (Å²) in [5.74, 6) is 0.364. The molecule has 136 valence electrons. The molecule has 0 bridgehead atoms. The van der Waals surface area contributed by atoms with E-state index in [0.717, 1.165) is 25.7 Å². The smallest absolute Gasteiger partial charge is 0.253 e. The molecule has 1 aromatic rings. The molecular weight excluding hydrogens is 316 g/mol. The highest BCUT2D eigenvalue weighted by Crippen LogP contribution is 2.35. The van der Waals surface area contributed by atoms with Crippen LogP contribution in [0.3, 0.4) is 0 Å². The zero-order chi connectivity index (χ0) is 18.0. The van der Waals surface area contributed by atoms with Crippen molar-refractivity contribution in [2.24, 2.45) is 11.3 Å². The largest absolute Gasteiger partial charge is 0.391 e. The fraction of sp³-hybridized carbons (Fsp3) is 0.600. The molecule has 1 aliphatic carbocycles. The molecule has 5 heteroatoms. The molecule has 0 spiro atoms. The molecule has 2 unspecified atom stereocenters. The first-order chi connectivity index (χ1) is 11.9. The highest BCUT2D eigenvalue weighted by molar-refractivity contribution is 5.95. The van der Waals surface area contributed by atoms with Crippen LogP contribution < -0.4 is 0 Å². The SMILES string of the molecule is CN(CC(O)C1CC1)C(=O)C1(C)CCCN(C(=O)c2ccccc2)C1. The molecule has 0 aromatic heterocycles. The number of rotatable bonds is 5. The summed E-state index contributed by atoms with van der Waals surface area (Å²) in [6, 6.07) is 9.23. The number of likely N-dealkylation sites (tertiary alicyclic amines) is 1. The number of benzene rings is 1. The Hall–Kier alpha value is -1.88. The summed E-state index contributed by atoms with van der Waals surface area (Å²) in [6.45, 7) is 3.44. The van der Waals surface area contributed by atoms with Crippen molar-refractivity contribution in [2.75, 3.05) is 26.7 Å². The van der Waals surface area contributed by atoms with Gasteiger partial charge in [-0.05, 0) is 50.7 Å². The van der Waals surface area contributed by atoms with E-state index in [1.165, 1.54) is 0 Å². The second-order valence-electron chi connectivity index (χ2n) is 7.85. The molecule has 2 fully saturated rings. The van der Waals surface area contributed by atoms with Crippen LogP contribution in [0.1, 0.15) is 43.0 Å². The van der Waals surface area contributed by atoms with Crippen LogP contribution in [0.25, 0.3) is 0 Å². The highest BCUT2D eigenvalue weighted by Gasteiger charge is 2.42. The average molecular weight is 344 g/mol. The molecule has 3 rings (SSSR count). The van der Waals surface area contributed by atoms with Crippen molar-refractivity contribution in [1.82, 2.24) is 9.80 Å². The lowest BCUT2D eigenvalue weighted by Crippen LogP contribution is -2.53. The molecule has 1 aliphatic heterocycles. The normalized spacial score (nSPS) is 24.7. The average Bonchev–Trinajstić information content (AvgIpc) is 3.46. The Morgan fingerprint density at radius 1 is 1.32 bits per heavy atom. The van der Waals surface area contributed by atoms with Crippen LogP contribution in [-0.4, -0.2) is 59.5 Å². The van der Waals surface area contributed by atoms with Crippen molar-refractivity contribution in [3.8, 4) is 0 Å². The Balaban J connectivity index is 1.65. The molecule has 0 radical (unpaired) electrons. The van der Waals surface area contributed by atoms with Gasteiger partial charge in [0.2, 0.25) is 5.91 Å². The minimum Gasteiger partial charge on any atom is -0.391 e. The van der Waals surface area contributed by atoms with Crippen molar-refractivity contribution in [2.45, 2.75) is 38.7 Å². The van der Waals surface area contributed by atoms with E-state index in [9.17, 15) is 14.7 Å². The summed E-state index contributed by atoms with van der Waals surface area (Å²) in [4.78, 5) is 29.1. The van der Waals surface area contributed by atoms with Crippen LogP contribution in [0.4, 0.5) is 0 Å². The lowest BCUT2D eigenvalue weighted by Gasteiger charge is -2.41. The second kappa shape index (κ2) is 7.16. The maximum Gasteiger partial charge on any atom is 0.253 e. The van der Waals surface area contributed by atoms with Crippen molar-refractivity contribution < 1.29 is 14.7 Å². The maximum absolute atomic E-state index is 13.0. The summed E-state index contributed by atoms with van der Waals surface area (Å²) in [6.07, 6.45) is 3.27. The molecule has 1 saturated carbocycles. The number of piperidine rings is 1. The van der Waals surface area contributed by atoms with Gasteiger partial charge in [0, 0.05) is 32.2 Å². The summed E-state index contributed by atoms with van der Waals surface area (Å²) in [5, 5.41) is 10.1. The third kappa shape index (κ3) is 4.03. The van der Waals surface area contributed by atoms with Gasteiger partial charge in [-0.3, -0.25) is 9.59 Å². The number of hydrogen-bond donors (Lipinski definition) is 1. The third-order valence-electron chi connectivity index (χ3n) is 5.49. The van der Waals surface area contributed by atoms with Crippen LogP contribution in [-0.2, 0) is 4.79 Å². The molecule has 1 N–H and O–H groups in total. The van der Waals surface area contributed by atoms with Gasteiger partial charge in [-0.15, -0.1) is 0 Å². The van der Waals surface area contributed by atoms with E-state index in [1.807, 2.05) is 37.3 Å². The van der Waals surface area contributed by atoms with E-state index >= 15 is 0 Å². The molecule has 1 saturated heterocycles. The summed E-state index contributed by atoms with van der Waals surface area (Å²) < 4.78 is 0. The summed E-state index contributed by atoms with van der Waals surface area (Å²) in [5.41, 5.74) is 0.0810. The molecule has 2 aliphatic rings. The Morgan fingerprint density at radius 3 is 2.64 bits per heavy atom. The lowest BCUT2D eigenvalue weighted by molar-refractivity contribution is -0.143. The number of aliphatic hydroxyl groups is 1. The van der Waals surface area contributed by atoms with E-state index < -0.39 is 11.5 Å². The standard InChI is InChI=1S/C20H28N2O3/c1-20(19(25)21(2)13-17(23)15-9-10-15)11-6-12-22(14-20)18(24)16-7-4-3-5-8-16/h3-5,7-8,15,17,23H,6,9-14H2,1-2H3. The van der Waals surface area contributed by atoms with Gasteiger partial charge in [-0.25, -0.2) is 0 Å². The van der Waals surface area contributed by atoms with E-state index in [4.69, 9.17) is 0 Å². The molecule has 2 atom stereocenters. The number of aliphatic hydroxyl groups excluding tert-OH is 1. The van der Waals surface area contributed by atoms with Gasteiger partial charge < -0.3 is 14.9 Å². The van der Waals surface area contributed by atoms with Crippen molar-refractivity contribution >= 4 is 11.8 Å². The molecular formula is C20H28N2O3. The monoisotopic (exact) mass is 344 g/mol. The maximum atomic E-state index is 13.0. The molecule has 1 aromatic carbocycles. The van der Waals surface area contributed by atoms with Crippen LogP contribution in [0.15, 0.2) is 30.3 Å². The fourth-order valence-corrected chi connectivity index (χ4v) is 3.81. The summed E-state index contributed by atoms with van der Waals surface area (Å²) >= 11 is 0.